The van der Waals surface area contributed by atoms with Gasteiger partial charge >= 0.3 is 0 Å². The standard InChI is InChI=1S/C17H21IN2/c1-12-5-4-10-17(2,3)16(12)15(11-19)20-14-8-6-13(18)7-9-14/h6-9,15,20H,4-5,10H2,1-3H3. The molecule has 1 aromatic rings. The molecular formula is C17H21IN2. The first kappa shape index (κ1) is 15.4. The van der Waals surface area contributed by atoms with Crippen LogP contribution in [0.5, 0.6) is 0 Å². The number of nitriles is 1. The first-order valence-electron chi connectivity index (χ1n) is 7.06. The fourth-order valence-electron chi connectivity index (χ4n) is 3.16. The minimum Gasteiger partial charge on any atom is -0.366 e. The van der Waals surface area contributed by atoms with E-state index < -0.39 is 0 Å². The van der Waals surface area contributed by atoms with Gasteiger partial charge in [-0.15, -0.1) is 0 Å². The van der Waals surface area contributed by atoms with Crippen LogP contribution in [-0.2, 0) is 0 Å². The second kappa shape index (κ2) is 6.17. The fraction of sp³-hybridized carbons (Fsp3) is 0.471. The Bertz CT molecular complexity index is 549. The zero-order valence-electron chi connectivity index (χ0n) is 12.3. The van der Waals surface area contributed by atoms with E-state index in [2.05, 4.69) is 66.9 Å². The summed E-state index contributed by atoms with van der Waals surface area (Å²) >= 11 is 2.29. The van der Waals surface area contributed by atoms with Gasteiger partial charge in [0.25, 0.3) is 0 Å². The molecule has 2 nitrogen and oxygen atoms in total. The van der Waals surface area contributed by atoms with Crippen molar-refractivity contribution in [2.24, 2.45) is 5.41 Å². The molecule has 0 heterocycles. The minimum absolute atomic E-state index is 0.110. The van der Waals surface area contributed by atoms with Crippen molar-refractivity contribution in [1.29, 1.82) is 5.26 Å². The summed E-state index contributed by atoms with van der Waals surface area (Å²) in [4.78, 5) is 0. The maximum atomic E-state index is 9.60. The molecular weight excluding hydrogens is 359 g/mol. The van der Waals surface area contributed by atoms with E-state index in [0.717, 1.165) is 18.5 Å². The average molecular weight is 380 g/mol. The van der Waals surface area contributed by atoms with Crippen molar-refractivity contribution in [3.05, 3.63) is 39.0 Å². The van der Waals surface area contributed by atoms with Crippen LogP contribution in [0.25, 0.3) is 0 Å². The quantitative estimate of drug-likeness (QED) is 0.584. The monoisotopic (exact) mass is 380 g/mol. The predicted molar refractivity (Wildman–Crippen MR) is 92.5 cm³/mol. The highest BCUT2D eigenvalue weighted by atomic mass is 127. The van der Waals surface area contributed by atoms with Crippen LogP contribution in [0, 0.1) is 20.3 Å². The number of halogens is 1. The number of benzene rings is 1. The first-order valence-corrected chi connectivity index (χ1v) is 8.14. The van der Waals surface area contributed by atoms with Crippen LogP contribution >= 0.6 is 22.6 Å². The molecule has 1 aromatic carbocycles. The van der Waals surface area contributed by atoms with E-state index in [4.69, 9.17) is 0 Å². The van der Waals surface area contributed by atoms with Gasteiger partial charge in [-0.1, -0.05) is 19.4 Å². The third kappa shape index (κ3) is 3.35. The van der Waals surface area contributed by atoms with Crippen LogP contribution in [0.15, 0.2) is 35.4 Å². The summed E-state index contributed by atoms with van der Waals surface area (Å²) in [6, 6.07) is 10.4. The lowest BCUT2D eigenvalue weighted by atomic mass is 9.70. The molecule has 0 amide bonds. The lowest BCUT2D eigenvalue weighted by Crippen LogP contribution is -2.33. The van der Waals surface area contributed by atoms with Crippen molar-refractivity contribution < 1.29 is 0 Å². The molecule has 1 aliphatic carbocycles. The van der Waals surface area contributed by atoms with Gasteiger partial charge in [0.1, 0.15) is 6.04 Å². The van der Waals surface area contributed by atoms with Gasteiger partial charge in [0.15, 0.2) is 0 Å². The highest BCUT2D eigenvalue weighted by molar-refractivity contribution is 14.1. The molecule has 1 atom stereocenters. The molecule has 0 radical (unpaired) electrons. The summed E-state index contributed by atoms with van der Waals surface area (Å²) < 4.78 is 1.20. The van der Waals surface area contributed by atoms with E-state index in [1.54, 1.807) is 0 Å². The van der Waals surface area contributed by atoms with E-state index in [9.17, 15) is 5.26 Å². The fourth-order valence-corrected chi connectivity index (χ4v) is 3.52. The lowest BCUT2D eigenvalue weighted by Gasteiger charge is -2.37. The van der Waals surface area contributed by atoms with E-state index in [1.807, 2.05) is 12.1 Å². The number of hydrogen-bond acceptors (Lipinski definition) is 2. The van der Waals surface area contributed by atoms with Crippen molar-refractivity contribution >= 4 is 28.3 Å². The Morgan fingerprint density at radius 3 is 2.50 bits per heavy atom. The van der Waals surface area contributed by atoms with Gasteiger partial charge in [-0.25, -0.2) is 0 Å². The second-order valence-electron chi connectivity index (χ2n) is 6.14. The molecule has 3 heteroatoms. The number of rotatable bonds is 3. The van der Waals surface area contributed by atoms with Gasteiger partial charge in [-0.05, 0) is 84.0 Å². The van der Waals surface area contributed by atoms with Crippen LogP contribution in [-0.4, -0.2) is 6.04 Å². The third-order valence-electron chi connectivity index (χ3n) is 4.12. The maximum Gasteiger partial charge on any atom is 0.136 e. The van der Waals surface area contributed by atoms with Crippen molar-refractivity contribution in [3.63, 3.8) is 0 Å². The molecule has 0 spiro atoms. The highest BCUT2D eigenvalue weighted by Gasteiger charge is 2.33. The minimum atomic E-state index is -0.231. The van der Waals surface area contributed by atoms with Crippen LogP contribution in [0.1, 0.15) is 40.0 Å². The summed E-state index contributed by atoms with van der Waals surface area (Å²) in [5.74, 6) is 0. The molecule has 0 saturated heterocycles. The van der Waals surface area contributed by atoms with Crippen molar-refractivity contribution in [2.75, 3.05) is 5.32 Å². The number of nitrogens with one attached hydrogen (secondary N) is 1. The van der Waals surface area contributed by atoms with E-state index >= 15 is 0 Å². The molecule has 1 unspecified atom stereocenters. The normalized spacial score (nSPS) is 19.4. The van der Waals surface area contributed by atoms with Crippen molar-refractivity contribution in [2.45, 2.75) is 46.1 Å². The smallest absolute Gasteiger partial charge is 0.136 e. The predicted octanol–water partition coefficient (Wildman–Crippen LogP) is 5.12. The molecule has 0 fully saturated rings. The number of allylic oxidation sites excluding steroid dienone is 1. The number of nitrogens with zero attached hydrogens (tertiary/aromatic N) is 1. The summed E-state index contributed by atoms with van der Waals surface area (Å²) in [7, 11) is 0. The lowest BCUT2D eigenvalue weighted by molar-refractivity contribution is 0.356. The largest absolute Gasteiger partial charge is 0.366 e. The zero-order valence-corrected chi connectivity index (χ0v) is 14.5. The van der Waals surface area contributed by atoms with Crippen molar-refractivity contribution in [1.82, 2.24) is 0 Å². The molecule has 106 valence electrons. The van der Waals surface area contributed by atoms with Crippen LogP contribution < -0.4 is 5.32 Å². The van der Waals surface area contributed by atoms with Crippen LogP contribution in [0.2, 0.25) is 0 Å². The van der Waals surface area contributed by atoms with E-state index in [1.165, 1.54) is 21.1 Å². The molecule has 0 aliphatic heterocycles. The summed E-state index contributed by atoms with van der Waals surface area (Å²) in [6.45, 7) is 6.69. The Kier molecular flexibility index (Phi) is 4.74. The van der Waals surface area contributed by atoms with E-state index in [-0.39, 0.29) is 11.5 Å². The summed E-state index contributed by atoms with van der Waals surface area (Å²) in [5.41, 5.74) is 3.79. The van der Waals surface area contributed by atoms with Gasteiger partial charge < -0.3 is 5.32 Å². The Balaban J connectivity index is 2.28. The maximum absolute atomic E-state index is 9.60. The van der Waals surface area contributed by atoms with E-state index in [0.29, 0.717) is 0 Å². The molecule has 20 heavy (non-hydrogen) atoms. The van der Waals surface area contributed by atoms with Gasteiger partial charge in [-0.2, -0.15) is 5.26 Å². The zero-order chi connectivity index (χ0) is 14.8. The molecule has 1 aliphatic rings. The average Bonchev–Trinajstić information content (AvgIpc) is 2.39. The summed E-state index contributed by atoms with van der Waals surface area (Å²) in [6.07, 6.45) is 3.50. The number of hydrogen-bond donors (Lipinski definition) is 1. The van der Waals surface area contributed by atoms with Crippen LogP contribution in [0.3, 0.4) is 0 Å². The Labute approximate surface area is 135 Å². The Morgan fingerprint density at radius 1 is 1.30 bits per heavy atom. The Morgan fingerprint density at radius 2 is 1.95 bits per heavy atom. The van der Waals surface area contributed by atoms with Gasteiger partial charge in [0.2, 0.25) is 0 Å². The molecule has 0 bridgehead atoms. The molecule has 1 N–H and O–H groups in total. The SMILES string of the molecule is CC1=C(C(C#N)Nc2ccc(I)cc2)C(C)(C)CCC1. The third-order valence-corrected chi connectivity index (χ3v) is 4.83. The van der Waals surface area contributed by atoms with Crippen molar-refractivity contribution in [3.8, 4) is 6.07 Å². The van der Waals surface area contributed by atoms with Crippen LogP contribution in [0.4, 0.5) is 5.69 Å². The molecule has 2 rings (SSSR count). The molecule has 0 saturated carbocycles. The first-order chi connectivity index (χ1) is 9.44. The summed E-state index contributed by atoms with van der Waals surface area (Å²) in [5, 5.41) is 13.0. The van der Waals surface area contributed by atoms with Gasteiger partial charge in [0.05, 0.1) is 6.07 Å². The topological polar surface area (TPSA) is 35.8 Å². The van der Waals surface area contributed by atoms with Gasteiger partial charge in [-0.3, -0.25) is 0 Å². The molecule has 0 aromatic heterocycles. The second-order valence-corrected chi connectivity index (χ2v) is 7.39. The van der Waals surface area contributed by atoms with Gasteiger partial charge in [0, 0.05) is 9.26 Å². The Hall–Kier alpha value is -1.02. The number of anilines is 1. The highest BCUT2D eigenvalue weighted by Crippen LogP contribution is 2.42.